The van der Waals surface area contributed by atoms with Crippen molar-refractivity contribution in [2.24, 2.45) is 0 Å². The molecule has 1 heterocycles. The summed E-state index contributed by atoms with van der Waals surface area (Å²) in [6, 6.07) is 5.15. The Bertz CT molecular complexity index is 474. The smallest absolute Gasteiger partial charge is 0.255 e. The van der Waals surface area contributed by atoms with Crippen molar-refractivity contribution < 1.29 is 9.53 Å². The van der Waals surface area contributed by atoms with Crippen LogP contribution >= 0.6 is 23.2 Å². The number of piperazine rings is 1. The number of carbonyl (C=O) groups is 1. The highest BCUT2D eigenvalue weighted by molar-refractivity contribution is 6.43. The molecule has 0 unspecified atom stereocenters. The number of hydrogen-bond acceptors (Lipinski definition) is 3. The van der Waals surface area contributed by atoms with Gasteiger partial charge in [-0.3, -0.25) is 9.69 Å². The van der Waals surface area contributed by atoms with E-state index in [2.05, 4.69) is 4.90 Å². The van der Waals surface area contributed by atoms with Crippen molar-refractivity contribution in [3.8, 4) is 0 Å². The molecule has 1 aromatic carbocycles. The van der Waals surface area contributed by atoms with Crippen molar-refractivity contribution in [2.75, 3.05) is 46.4 Å². The van der Waals surface area contributed by atoms with E-state index in [1.165, 1.54) is 0 Å². The van der Waals surface area contributed by atoms with Gasteiger partial charge in [0.25, 0.3) is 5.91 Å². The summed E-state index contributed by atoms with van der Waals surface area (Å²) < 4.78 is 5.06. The van der Waals surface area contributed by atoms with Crippen molar-refractivity contribution in [1.82, 2.24) is 9.80 Å². The average molecular weight is 317 g/mol. The van der Waals surface area contributed by atoms with Crippen LogP contribution in [0.5, 0.6) is 0 Å². The van der Waals surface area contributed by atoms with Gasteiger partial charge in [0.2, 0.25) is 0 Å². The minimum Gasteiger partial charge on any atom is -0.383 e. The number of hydrogen-bond donors (Lipinski definition) is 0. The number of rotatable bonds is 4. The lowest BCUT2D eigenvalue weighted by atomic mass is 10.2. The molecule has 0 saturated carbocycles. The van der Waals surface area contributed by atoms with Crippen LogP contribution in [0.2, 0.25) is 10.0 Å². The summed E-state index contributed by atoms with van der Waals surface area (Å²) in [5, 5.41) is 0.747. The van der Waals surface area contributed by atoms with E-state index in [0.717, 1.165) is 19.6 Å². The predicted molar refractivity (Wildman–Crippen MR) is 80.7 cm³/mol. The summed E-state index contributed by atoms with van der Waals surface area (Å²) >= 11 is 12.1. The number of ether oxygens (including phenoxy) is 1. The third kappa shape index (κ3) is 3.64. The monoisotopic (exact) mass is 316 g/mol. The van der Waals surface area contributed by atoms with Crippen molar-refractivity contribution in [2.45, 2.75) is 0 Å². The quantitative estimate of drug-likeness (QED) is 0.855. The predicted octanol–water partition coefficient (Wildman–Crippen LogP) is 2.40. The standard InChI is InChI=1S/C14H18Cl2N2O2/c1-20-10-9-17-5-7-18(8-6-17)14(19)11-3-2-4-12(15)13(11)16/h2-4H,5-10H2,1H3. The lowest BCUT2D eigenvalue weighted by Gasteiger charge is -2.34. The molecule has 4 nitrogen and oxygen atoms in total. The summed E-state index contributed by atoms with van der Waals surface area (Å²) in [4.78, 5) is 16.5. The maximum Gasteiger partial charge on any atom is 0.255 e. The van der Waals surface area contributed by atoms with Gasteiger partial charge in [-0.1, -0.05) is 29.3 Å². The van der Waals surface area contributed by atoms with Crippen LogP contribution in [-0.4, -0.2) is 62.1 Å². The highest BCUT2D eigenvalue weighted by Gasteiger charge is 2.23. The summed E-state index contributed by atoms with van der Waals surface area (Å²) in [6.45, 7) is 4.72. The van der Waals surface area contributed by atoms with Gasteiger partial charge in [0, 0.05) is 39.8 Å². The SMILES string of the molecule is COCCN1CCN(C(=O)c2cccc(Cl)c2Cl)CC1. The van der Waals surface area contributed by atoms with Crippen LogP contribution < -0.4 is 0 Å². The first kappa shape index (κ1) is 15.6. The Kier molecular flexibility index (Phi) is 5.66. The number of carbonyl (C=O) groups excluding carboxylic acids is 1. The van der Waals surface area contributed by atoms with Gasteiger partial charge in [-0.25, -0.2) is 0 Å². The van der Waals surface area contributed by atoms with Gasteiger partial charge < -0.3 is 9.64 Å². The molecule has 1 fully saturated rings. The second-order valence-corrected chi connectivity index (χ2v) is 5.51. The normalized spacial score (nSPS) is 16.4. The molecule has 1 aromatic rings. The van der Waals surface area contributed by atoms with Crippen LogP contribution in [0.25, 0.3) is 0 Å². The molecule has 0 N–H and O–H groups in total. The maximum atomic E-state index is 12.4. The van der Waals surface area contributed by atoms with E-state index in [0.29, 0.717) is 35.3 Å². The van der Waals surface area contributed by atoms with Gasteiger partial charge in [-0.15, -0.1) is 0 Å². The van der Waals surface area contributed by atoms with Crippen molar-refractivity contribution in [3.05, 3.63) is 33.8 Å². The topological polar surface area (TPSA) is 32.8 Å². The van der Waals surface area contributed by atoms with Gasteiger partial charge in [0.15, 0.2) is 0 Å². The third-order valence-corrected chi connectivity index (χ3v) is 4.27. The Balaban J connectivity index is 1.96. The zero-order chi connectivity index (χ0) is 14.5. The fraction of sp³-hybridized carbons (Fsp3) is 0.500. The molecule has 110 valence electrons. The molecule has 6 heteroatoms. The molecule has 0 atom stereocenters. The molecular formula is C14H18Cl2N2O2. The zero-order valence-electron chi connectivity index (χ0n) is 11.4. The van der Waals surface area contributed by atoms with Gasteiger partial charge in [0.1, 0.15) is 0 Å². The van der Waals surface area contributed by atoms with Crippen LogP contribution in [0.3, 0.4) is 0 Å². The Labute approximate surface area is 129 Å². The maximum absolute atomic E-state index is 12.4. The van der Waals surface area contributed by atoms with Crippen LogP contribution in [0.4, 0.5) is 0 Å². The minimum absolute atomic E-state index is 0.0520. The summed E-state index contributed by atoms with van der Waals surface area (Å²) in [5.74, 6) is -0.0520. The van der Waals surface area contributed by atoms with Gasteiger partial charge >= 0.3 is 0 Å². The van der Waals surface area contributed by atoms with Crippen LogP contribution in [0.15, 0.2) is 18.2 Å². The van der Waals surface area contributed by atoms with E-state index in [1.807, 2.05) is 4.90 Å². The molecule has 1 amide bonds. The molecule has 1 saturated heterocycles. The summed E-state index contributed by atoms with van der Waals surface area (Å²) in [7, 11) is 1.70. The first-order valence-electron chi connectivity index (χ1n) is 6.58. The molecule has 0 spiro atoms. The Morgan fingerprint density at radius 2 is 1.95 bits per heavy atom. The number of amides is 1. The van der Waals surface area contributed by atoms with Gasteiger partial charge in [-0.05, 0) is 12.1 Å². The van der Waals surface area contributed by atoms with Gasteiger partial charge in [0.05, 0.1) is 22.2 Å². The lowest BCUT2D eigenvalue weighted by molar-refractivity contribution is 0.0594. The molecule has 0 aliphatic carbocycles. The second-order valence-electron chi connectivity index (χ2n) is 4.73. The summed E-state index contributed by atoms with van der Waals surface area (Å²) in [6.07, 6.45) is 0. The molecule has 0 radical (unpaired) electrons. The van der Waals surface area contributed by atoms with E-state index in [4.69, 9.17) is 27.9 Å². The fourth-order valence-corrected chi connectivity index (χ4v) is 2.62. The van der Waals surface area contributed by atoms with E-state index in [9.17, 15) is 4.79 Å². The number of halogens is 2. The Morgan fingerprint density at radius 1 is 1.25 bits per heavy atom. The van der Waals surface area contributed by atoms with Gasteiger partial charge in [-0.2, -0.15) is 0 Å². The lowest BCUT2D eigenvalue weighted by Crippen LogP contribution is -2.49. The minimum atomic E-state index is -0.0520. The van der Waals surface area contributed by atoms with E-state index in [1.54, 1.807) is 25.3 Å². The Hall–Kier alpha value is -0.810. The van der Waals surface area contributed by atoms with Crippen molar-refractivity contribution in [3.63, 3.8) is 0 Å². The third-order valence-electron chi connectivity index (χ3n) is 3.45. The highest BCUT2D eigenvalue weighted by Crippen LogP contribution is 2.26. The largest absolute Gasteiger partial charge is 0.383 e. The molecule has 1 aliphatic heterocycles. The molecular weight excluding hydrogens is 299 g/mol. The first-order chi connectivity index (χ1) is 9.63. The van der Waals surface area contributed by atoms with Crippen LogP contribution in [0.1, 0.15) is 10.4 Å². The van der Waals surface area contributed by atoms with Crippen LogP contribution in [0, 0.1) is 0 Å². The summed E-state index contributed by atoms with van der Waals surface area (Å²) in [5.41, 5.74) is 0.476. The van der Waals surface area contributed by atoms with Crippen molar-refractivity contribution in [1.29, 1.82) is 0 Å². The average Bonchev–Trinajstić information content (AvgIpc) is 2.48. The molecule has 1 aliphatic rings. The first-order valence-corrected chi connectivity index (χ1v) is 7.33. The molecule has 0 aromatic heterocycles. The molecule has 20 heavy (non-hydrogen) atoms. The van der Waals surface area contributed by atoms with Crippen molar-refractivity contribution >= 4 is 29.1 Å². The highest BCUT2D eigenvalue weighted by atomic mass is 35.5. The number of benzene rings is 1. The number of methoxy groups -OCH3 is 1. The van der Waals surface area contributed by atoms with E-state index >= 15 is 0 Å². The van der Waals surface area contributed by atoms with E-state index < -0.39 is 0 Å². The molecule has 0 bridgehead atoms. The molecule has 2 rings (SSSR count). The fourth-order valence-electron chi connectivity index (χ4n) is 2.23. The van der Waals surface area contributed by atoms with Crippen LogP contribution in [-0.2, 0) is 4.74 Å². The Morgan fingerprint density at radius 3 is 2.60 bits per heavy atom. The number of nitrogens with zero attached hydrogens (tertiary/aromatic N) is 2. The van der Waals surface area contributed by atoms with E-state index in [-0.39, 0.29) is 5.91 Å². The zero-order valence-corrected chi connectivity index (χ0v) is 13.0. The second kappa shape index (κ2) is 7.27.